The Morgan fingerprint density at radius 1 is 1.11 bits per heavy atom. The first-order chi connectivity index (χ1) is 13.4. The number of carbonyl (C=O) groups excluding carboxylic acids is 2. The van der Waals surface area contributed by atoms with Crippen LogP contribution in [0, 0.1) is 11.6 Å². The van der Waals surface area contributed by atoms with Crippen LogP contribution in [0.1, 0.15) is 31.4 Å². The second kappa shape index (κ2) is 8.82. The van der Waals surface area contributed by atoms with Gasteiger partial charge in [-0.05, 0) is 24.1 Å². The standard InChI is InChI=1S/C21H23F2N3O2/c1-14(27)24-19(15-6-3-2-4-7-15)12-20(28)25-16-10-11-26(13-16)21-17(22)8-5-9-18(21)23/h2-9,16,19H,10-13H2,1H3,(H,24,27)(H,25,28). The summed E-state index contributed by atoms with van der Waals surface area (Å²) < 4.78 is 27.9. The van der Waals surface area contributed by atoms with Gasteiger partial charge in [0, 0.05) is 26.1 Å². The number of rotatable bonds is 6. The van der Waals surface area contributed by atoms with Gasteiger partial charge in [-0.2, -0.15) is 0 Å². The van der Waals surface area contributed by atoms with Gasteiger partial charge in [-0.1, -0.05) is 36.4 Å². The van der Waals surface area contributed by atoms with E-state index in [9.17, 15) is 18.4 Å². The second-order valence-corrected chi connectivity index (χ2v) is 6.94. The zero-order valence-electron chi connectivity index (χ0n) is 15.6. The number of carbonyl (C=O) groups is 2. The maximum Gasteiger partial charge on any atom is 0.222 e. The molecular weight excluding hydrogens is 364 g/mol. The van der Waals surface area contributed by atoms with Gasteiger partial charge >= 0.3 is 0 Å². The number of hydrogen-bond acceptors (Lipinski definition) is 3. The topological polar surface area (TPSA) is 61.4 Å². The maximum absolute atomic E-state index is 14.0. The van der Waals surface area contributed by atoms with Crippen molar-refractivity contribution in [1.29, 1.82) is 0 Å². The summed E-state index contributed by atoms with van der Waals surface area (Å²) in [7, 11) is 0. The van der Waals surface area contributed by atoms with Crippen LogP contribution in [0.25, 0.3) is 0 Å². The summed E-state index contributed by atoms with van der Waals surface area (Å²) in [5, 5.41) is 5.71. The SMILES string of the molecule is CC(=O)NC(CC(=O)NC1CCN(c2c(F)cccc2F)C1)c1ccccc1. The molecule has 28 heavy (non-hydrogen) atoms. The Morgan fingerprint density at radius 3 is 2.43 bits per heavy atom. The molecule has 2 N–H and O–H groups in total. The zero-order chi connectivity index (χ0) is 20.1. The van der Waals surface area contributed by atoms with E-state index in [2.05, 4.69) is 10.6 Å². The molecule has 1 heterocycles. The number of halogens is 2. The Kier molecular flexibility index (Phi) is 6.23. The minimum absolute atomic E-state index is 0.0559. The third-order valence-corrected chi connectivity index (χ3v) is 4.78. The molecule has 1 fully saturated rings. The van der Waals surface area contributed by atoms with Crippen LogP contribution in [0.2, 0.25) is 0 Å². The molecule has 1 aliphatic heterocycles. The molecule has 148 valence electrons. The predicted molar refractivity (Wildman–Crippen MR) is 103 cm³/mol. The number of amides is 2. The molecular formula is C21H23F2N3O2. The summed E-state index contributed by atoms with van der Waals surface area (Å²) in [5.41, 5.74) is 0.786. The predicted octanol–water partition coefficient (Wildman–Crippen LogP) is 2.93. The first kappa shape index (κ1) is 19.8. The maximum atomic E-state index is 14.0. The van der Waals surface area contributed by atoms with Crippen LogP contribution in [0.15, 0.2) is 48.5 Å². The molecule has 0 aromatic heterocycles. The van der Waals surface area contributed by atoms with Crippen LogP contribution in [-0.4, -0.2) is 30.9 Å². The summed E-state index contributed by atoms with van der Waals surface area (Å²) in [4.78, 5) is 25.6. The molecule has 5 nitrogen and oxygen atoms in total. The van der Waals surface area contributed by atoms with Gasteiger partial charge < -0.3 is 15.5 Å². The highest BCUT2D eigenvalue weighted by atomic mass is 19.1. The van der Waals surface area contributed by atoms with E-state index in [0.717, 1.165) is 5.56 Å². The van der Waals surface area contributed by atoms with Crippen molar-refractivity contribution in [3.05, 3.63) is 65.7 Å². The average Bonchev–Trinajstić information content (AvgIpc) is 3.09. The van der Waals surface area contributed by atoms with Crippen LogP contribution in [0.4, 0.5) is 14.5 Å². The van der Waals surface area contributed by atoms with E-state index in [1.54, 1.807) is 4.90 Å². The van der Waals surface area contributed by atoms with Crippen LogP contribution in [0.5, 0.6) is 0 Å². The molecule has 1 saturated heterocycles. The Balaban J connectivity index is 1.61. The van der Waals surface area contributed by atoms with Gasteiger partial charge in [0.05, 0.1) is 12.5 Å². The molecule has 2 atom stereocenters. The van der Waals surface area contributed by atoms with E-state index in [0.29, 0.717) is 19.5 Å². The van der Waals surface area contributed by atoms with E-state index in [4.69, 9.17) is 0 Å². The van der Waals surface area contributed by atoms with Gasteiger partial charge in [0.15, 0.2) is 0 Å². The Morgan fingerprint density at radius 2 is 1.79 bits per heavy atom. The normalized spacial score (nSPS) is 17.2. The summed E-state index contributed by atoms with van der Waals surface area (Å²) in [6.45, 7) is 2.20. The molecule has 2 unspecified atom stereocenters. The second-order valence-electron chi connectivity index (χ2n) is 6.94. The molecule has 3 rings (SSSR count). The van der Waals surface area contributed by atoms with Crippen molar-refractivity contribution in [2.75, 3.05) is 18.0 Å². The van der Waals surface area contributed by atoms with Gasteiger partial charge in [0.25, 0.3) is 0 Å². The van der Waals surface area contributed by atoms with Crippen molar-refractivity contribution in [2.45, 2.75) is 31.8 Å². The number of anilines is 1. The smallest absolute Gasteiger partial charge is 0.222 e. The van der Waals surface area contributed by atoms with Crippen molar-refractivity contribution in [2.24, 2.45) is 0 Å². The van der Waals surface area contributed by atoms with Gasteiger partial charge in [0.1, 0.15) is 17.3 Å². The zero-order valence-corrected chi connectivity index (χ0v) is 15.6. The molecule has 1 aliphatic rings. The fourth-order valence-corrected chi connectivity index (χ4v) is 3.53. The van der Waals surface area contributed by atoms with Crippen LogP contribution < -0.4 is 15.5 Å². The third-order valence-electron chi connectivity index (χ3n) is 4.78. The quantitative estimate of drug-likeness (QED) is 0.801. The first-order valence-electron chi connectivity index (χ1n) is 9.24. The lowest BCUT2D eigenvalue weighted by atomic mass is 10.0. The van der Waals surface area contributed by atoms with E-state index < -0.39 is 17.7 Å². The summed E-state index contributed by atoms with van der Waals surface area (Å²) >= 11 is 0. The number of hydrogen-bond donors (Lipinski definition) is 2. The number of para-hydroxylation sites is 1. The van der Waals surface area contributed by atoms with Crippen molar-refractivity contribution in [3.8, 4) is 0 Å². The highest BCUT2D eigenvalue weighted by molar-refractivity contribution is 5.79. The van der Waals surface area contributed by atoms with Crippen molar-refractivity contribution in [3.63, 3.8) is 0 Å². The Bertz CT molecular complexity index is 825. The van der Waals surface area contributed by atoms with Crippen LogP contribution in [-0.2, 0) is 9.59 Å². The molecule has 0 radical (unpaired) electrons. The molecule has 0 bridgehead atoms. The first-order valence-corrected chi connectivity index (χ1v) is 9.24. The molecule has 2 amide bonds. The molecule has 2 aromatic carbocycles. The van der Waals surface area contributed by atoms with Gasteiger partial charge in [-0.25, -0.2) is 8.78 Å². The number of nitrogens with zero attached hydrogens (tertiary/aromatic N) is 1. The van der Waals surface area contributed by atoms with Crippen molar-refractivity contribution < 1.29 is 18.4 Å². The summed E-state index contributed by atoms with van der Waals surface area (Å²) in [6, 6.07) is 12.4. The lowest BCUT2D eigenvalue weighted by Gasteiger charge is -2.21. The monoisotopic (exact) mass is 387 g/mol. The highest BCUT2D eigenvalue weighted by Gasteiger charge is 2.28. The number of benzene rings is 2. The average molecular weight is 387 g/mol. The fourth-order valence-electron chi connectivity index (χ4n) is 3.53. The van der Waals surface area contributed by atoms with E-state index in [1.807, 2.05) is 30.3 Å². The van der Waals surface area contributed by atoms with Crippen molar-refractivity contribution >= 4 is 17.5 Å². The van der Waals surface area contributed by atoms with Gasteiger partial charge in [0.2, 0.25) is 11.8 Å². The summed E-state index contributed by atoms with van der Waals surface area (Å²) in [6.07, 6.45) is 0.684. The minimum Gasteiger partial charge on any atom is -0.365 e. The summed E-state index contributed by atoms with van der Waals surface area (Å²) in [5.74, 6) is -1.66. The largest absolute Gasteiger partial charge is 0.365 e. The van der Waals surface area contributed by atoms with E-state index >= 15 is 0 Å². The van der Waals surface area contributed by atoms with E-state index in [1.165, 1.54) is 25.1 Å². The van der Waals surface area contributed by atoms with Gasteiger partial charge in [-0.3, -0.25) is 9.59 Å². The van der Waals surface area contributed by atoms with E-state index in [-0.39, 0.29) is 30.0 Å². The Hall–Kier alpha value is -2.96. The minimum atomic E-state index is -0.609. The molecule has 7 heteroatoms. The number of nitrogens with one attached hydrogen (secondary N) is 2. The van der Waals surface area contributed by atoms with Crippen LogP contribution >= 0.6 is 0 Å². The lowest BCUT2D eigenvalue weighted by Crippen LogP contribution is -2.39. The van der Waals surface area contributed by atoms with Crippen LogP contribution in [0.3, 0.4) is 0 Å². The molecule has 0 spiro atoms. The molecule has 0 aliphatic carbocycles. The fraction of sp³-hybridized carbons (Fsp3) is 0.333. The third kappa shape index (κ3) is 4.85. The van der Waals surface area contributed by atoms with Crippen molar-refractivity contribution in [1.82, 2.24) is 10.6 Å². The molecule has 2 aromatic rings. The highest BCUT2D eigenvalue weighted by Crippen LogP contribution is 2.27. The molecule has 0 saturated carbocycles. The van der Waals surface area contributed by atoms with Gasteiger partial charge in [-0.15, -0.1) is 0 Å². The lowest BCUT2D eigenvalue weighted by molar-refractivity contribution is -0.123. The Labute approximate surface area is 162 Å².